The van der Waals surface area contributed by atoms with Crippen molar-refractivity contribution in [3.8, 4) is 0 Å². The summed E-state index contributed by atoms with van der Waals surface area (Å²) in [5, 5.41) is 19.7. The third kappa shape index (κ3) is 2.67. The summed E-state index contributed by atoms with van der Waals surface area (Å²) in [7, 11) is 0. The molecule has 0 spiro atoms. The van der Waals surface area contributed by atoms with Crippen molar-refractivity contribution in [1.82, 2.24) is 0 Å². The molecule has 0 aromatic carbocycles. The van der Waals surface area contributed by atoms with Gasteiger partial charge in [0.05, 0.1) is 0 Å². The minimum atomic E-state index is -1.11. The lowest BCUT2D eigenvalue weighted by Gasteiger charge is -2.44. The quantitative estimate of drug-likeness (QED) is 0.738. The third-order valence-corrected chi connectivity index (χ3v) is 3.58. The Morgan fingerprint density at radius 3 is 2.59 bits per heavy atom. The zero-order chi connectivity index (χ0) is 13.3. The summed E-state index contributed by atoms with van der Waals surface area (Å²) in [4.78, 5) is 11.5. The molecule has 3 nitrogen and oxygen atoms in total. The third-order valence-electron chi connectivity index (χ3n) is 3.58. The molecule has 1 aliphatic carbocycles. The fourth-order valence-corrected chi connectivity index (χ4v) is 2.23. The molecule has 0 aromatic heterocycles. The molecule has 0 aliphatic heterocycles. The van der Waals surface area contributed by atoms with E-state index >= 15 is 0 Å². The number of hydrogen-bond acceptors (Lipinski definition) is 3. The first kappa shape index (κ1) is 14.1. The fourth-order valence-electron chi connectivity index (χ4n) is 2.23. The van der Waals surface area contributed by atoms with Gasteiger partial charge in [0.2, 0.25) is 0 Å². The Morgan fingerprint density at radius 1 is 1.53 bits per heavy atom. The number of carbonyl (C=O) groups is 1. The van der Waals surface area contributed by atoms with E-state index in [0.29, 0.717) is 12.0 Å². The number of aliphatic hydroxyl groups excluding tert-OH is 1. The Labute approximate surface area is 103 Å². The normalized spacial score (nSPS) is 30.5. The molecule has 0 amide bonds. The van der Waals surface area contributed by atoms with Crippen LogP contribution < -0.4 is 0 Å². The molecule has 0 fully saturated rings. The van der Waals surface area contributed by atoms with Crippen LogP contribution in [0.4, 0.5) is 0 Å². The first-order chi connectivity index (χ1) is 7.73. The van der Waals surface area contributed by atoms with Crippen molar-refractivity contribution in [3.63, 3.8) is 0 Å². The maximum Gasteiger partial charge on any atom is 0.156 e. The van der Waals surface area contributed by atoms with Crippen molar-refractivity contribution in [3.05, 3.63) is 23.8 Å². The van der Waals surface area contributed by atoms with E-state index in [4.69, 9.17) is 5.11 Å². The molecule has 96 valence electrons. The van der Waals surface area contributed by atoms with Crippen LogP contribution in [0.5, 0.6) is 0 Å². The average Bonchev–Trinajstić information content (AvgIpc) is 2.22. The van der Waals surface area contributed by atoms with Crippen molar-refractivity contribution in [2.24, 2.45) is 11.3 Å². The molecule has 17 heavy (non-hydrogen) atoms. The minimum Gasteiger partial charge on any atom is -0.396 e. The van der Waals surface area contributed by atoms with Gasteiger partial charge >= 0.3 is 0 Å². The molecule has 1 rings (SSSR count). The Balaban J connectivity index is 3.10. The molecule has 0 aromatic rings. The summed E-state index contributed by atoms with van der Waals surface area (Å²) < 4.78 is 0. The largest absolute Gasteiger partial charge is 0.396 e. The molecule has 2 N–H and O–H groups in total. The van der Waals surface area contributed by atoms with E-state index in [-0.39, 0.29) is 18.3 Å². The summed E-state index contributed by atoms with van der Waals surface area (Å²) in [5.74, 6) is 0.0565. The zero-order valence-electron chi connectivity index (χ0n) is 11.0. The van der Waals surface area contributed by atoms with E-state index in [1.165, 1.54) is 6.08 Å². The van der Waals surface area contributed by atoms with Crippen LogP contribution in [0.25, 0.3) is 0 Å². The first-order valence-corrected chi connectivity index (χ1v) is 5.97. The van der Waals surface area contributed by atoms with Crippen LogP contribution in [-0.4, -0.2) is 28.2 Å². The number of aliphatic hydroxyl groups is 2. The summed E-state index contributed by atoms with van der Waals surface area (Å²) in [6.45, 7) is 7.46. The number of ketones is 1. The van der Waals surface area contributed by atoms with Crippen LogP contribution in [0.3, 0.4) is 0 Å². The Bertz CT molecular complexity index is 366. The van der Waals surface area contributed by atoms with Gasteiger partial charge in [-0.1, -0.05) is 32.9 Å². The first-order valence-electron chi connectivity index (χ1n) is 5.97. The molecule has 2 unspecified atom stereocenters. The second-order valence-corrected chi connectivity index (χ2v) is 5.64. The highest BCUT2D eigenvalue weighted by Crippen LogP contribution is 2.44. The Kier molecular flexibility index (Phi) is 3.95. The lowest BCUT2D eigenvalue weighted by molar-refractivity contribution is -0.121. The summed E-state index contributed by atoms with van der Waals surface area (Å²) in [5.41, 5.74) is -0.959. The van der Waals surface area contributed by atoms with Crippen LogP contribution >= 0.6 is 0 Å². The van der Waals surface area contributed by atoms with Gasteiger partial charge in [-0.3, -0.25) is 4.79 Å². The molecule has 1 aliphatic rings. The monoisotopic (exact) mass is 238 g/mol. The molecular weight excluding hydrogens is 216 g/mol. The highest BCUT2D eigenvalue weighted by atomic mass is 16.3. The summed E-state index contributed by atoms with van der Waals surface area (Å²) >= 11 is 0. The molecule has 0 radical (unpaired) electrons. The second-order valence-electron chi connectivity index (χ2n) is 5.64. The van der Waals surface area contributed by atoms with E-state index in [1.807, 2.05) is 20.8 Å². The number of allylic oxidation sites excluding steroid dienone is 1. The van der Waals surface area contributed by atoms with Crippen LogP contribution in [0.2, 0.25) is 0 Å². The highest BCUT2D eigenvalue weighted by Gasteiger charge is 2.46. The maximum absolute atomic E-state index is 11.5. The van der Waals surface area contributed by atoms with E-state index in [9.17, 15) is 9.90 Å². The maximum atomic E-state index is 11.5. The molecule has 0 saturated carbocycles. The van der Waals surface area contributed by atoms with Crippen LogP contribution in [0, 0.1) is 11.3 Å². The average molecular weight is 238 g/mol. The van der Waals surface area contributed by atoms with Gasteiger partial charge < -0.3 is 10.2 Å². The topological polar surface area (TPSA) is 57.5 Å². The van der Waals surface area contributed by atoms with E-state index in [2.05, 4.69) is 0 Å². The summed E-state index contributed by atoms with van der Waals surface area (Å²) in [6, 6.07) is 0. The van der Waals surface area contributed by atoms with E-state index < -0.39 is 11.0 Å². The predicted molar refractivity (Wildman–Crippen MR) is 67.5 cm³/mol. The Hall–Kier alpha value is -0.930. The van der Waals surface area contributed by atoms with Gasteiger partial charge in [-0.15, -0.1) is 0 Å². The lowest BCUT2D eigenvalue weighted by atomic mass is 9.64. The lowest BCUT2D eigenvalue weighted by Crippen LogP contribution is -2.48. The number of rotatable bonds is 3. The molecule has 3 heteroatoms. The predicted octanol–water partition coefficient (Wildman–Crippen LogP) is 1.85. The smallest absolute Gasteiger partial charge is 0.156 e. The van der Waals surface area contributed by atoms with Gasteiger partial charge in [0.15, 0.2) is 5.78 Å². The van der Waals surface area contributed by atoms with Crippen molar-refractivity contribution in [2.45, 2.75) is 39.7 Å². The zero-order valence-corrected chi connectivity index (χ0v) is 11.0. The van der Waals surface area contributed by atoms with E-state index in [1.54, 1.807) is 19.1 Å². The summed E-state index contributed by atoms with van der Waals surface area (Å²) in [6.07, 6.45) is 5.36. The van der Waals surface area contributed by atoms with Crippen LogP contribution in [-0.2, 0) is 4.79 Å². The molecule has 2 atom stereocenters. The van der Waals surface area contributed by atoms with Gasteiger partial charge in [-0.2, -0.15) is 0 Å². The van der Waals surface area contributed by atoms with Crippen molar-refractivity contribution in [2.75, 3.05) is 6.61 Å². The highest BCUT2D eigenvalue weighted by molar-refractivity contribution is 5.92. The SMILES string of the molecule is CC1=CC(=O)CC(C)(C)C1(O)C=CC(C)CO. The van der Waals surface area contributed by atoms with Gasteiger partial charge in [0.25, 0.3) is 0 Å². The minimum absolute atomic E-state index is 0.000234. The van der Waals surface area contributed by atoms with Gasteiger partial charge in [0.1, 0.15) is 5.60 Å². The Morgan fingerprint density at radius 2 is 2.12 bits per heavy atom. The molecule has 0 saturated heterocycles. The second kappa shape index (κ2) is 4.75. The van der Waals surface area contributed by atoms with Gasteiger partial charge in [0, 0.05) is 18.4 Å². The molecule has 0 bridgehead atoms. The fraction of sp³-hybridized carbons (Fsp3) is 0.643. The van der Waals surface area contributed by atoms with Crippen molar-refractivity contribution in [1.29, 1.82) is 0 Å². The number of carbonyl (C=O) groups excluding carboxylic acids is 1. The van der Waals surface area contributed by atoms with Gasteiger partial charge in [-0.25, -0.2) is 0 Å². The van der Waals surface area contributed by atoms with Crippen molar-refractivity contribution >= 4 is 5.78 Å². The molecule has 0 heterocycles. The molecular formula is C14H22O3. The van der Waals surface area contributed by atoms with E-state index in [0.717, 1.165) is 0 Å². The standard InChI is InChI=1S/C14H22O3/c1-10(9-15)5-6-14(17)11(2)7-12(16)8-13(14,3)4/h5-7,10,15,17H,8-9H2,1-4H3. The van der Waals surface area contributed by atoms with Crippen molar-refractivity contribution < 1.29 is 15.0 Å². The van der Waals surface area contributed by atoms with Gasteiger partial charge in [-0.05, 0) is 24.5 Å². The van der Waals surface area contributed by atoms with Crippen LogP contribution in [0.1, 0.15) is 34.1 Å². The number of hydrogen-bond donors (Lipinski definition) is 2. The van der Waals surface area contributed by atoms with Crippen LogP contribution in [0.15, 0.2) is 23.8 Å².